The van der Waals surface area contributed by atoms with Gasteiger partial charge in [0.2, 0.25) is 0 Å². The van der Waals surface area contributed by atoms with Gasteiger partial charge in [-0.05, 0) is 80.3 Å². The maximum Gasteiger partial charge on any atom is 0.416 e. The van der Waals surface area contributed by atoms with E-state index in [2.05, 4.69) is 10.3 Å². The molecule has 9 heteroatoms. The molecule has 6 nitrogen and oxygen atoms in total. The number of hydrogen-bond donors (Lipinski definition) is 1. The topological polar surface area (TPSA) is 64.3 Å². The van der Waals surface area contributed by atoms with Crippen LogP contribution in [0.2, 0.25) is 0 Å². The normalized spacial score (nSPS) is 18.4. The second-order valence-corrected chi connectivity index (χ2v) is 10.0. The van der Waals surface area contributed by atoms with Crippen LogP contribution in [0.3, 0.4) is 0 Å². The summed E-state index contributed by atoms with van der Waals surface area (Å²) in [6.07, 6.45) is 2.87. The van der Waals surface area contributed by atoms with Crippen molar-refractivity contribution >= 4 is 22.4 Å². The monoisotopic (exact) mass is 543 g/mol. The first kappa shape index (κ1) is 26.0. The van der Waals surface area contributed by atoms with Crippen LogP contribution < -0.4 is 10.7 Å². The van der Waals surface area contributed by atoms with E-state index in [0.717, 1.165) is 48.5 Å². The molecule has 1 aliphatic heterocycles. The van der Waals surface area contributed by atoms with Crippen LogP contribution in [0, 0.1) is 0 Å². The molecule has 0 radical (unpaired) electrons. The number of aromatic nitrogens is 3. The van der Waals surface area contributed by atoms with Gasteiger partial charge in [-0.15, -0.1) is 0 Å². The fraction of sp³-hybridized carbons (Fsp3) is 0.258. The number of halogens is 3. The van der Waals surface area contributed by atoms with Crippen molar-refractivity contribution in [1.82, 2.24) is 14.5 Å². The molecule has 1 fully saturated rings. The minimum atomic E-state index is -4.46. The molecule has 3 aromatic rings. The van der Waals surface area contributed by atoms with Gasteiger partial charge in [-0.1, -0.05) is 18.2 Å². The van der Waals surface area contributed by atoms with Gasteiger partial charge in [0, 0.05) is 19.0 Å². The van der Waals surface area contributed by atoms with E-state index in [1.165, 1.54) is 12.1 Å². The Bertz CT molecular complexity index is 1670. The van der Waals surface area contributed by atoms with E-state index < -0.39 is 11.7 Å². The highest BCUT2D eigenvalue weighted by molar-refractivity contribution is 5.84. The first-order valence-electron chi connectivity index (χ1n) is 13.3. The fourth-order valence-electron chi connectivity index (χ4n) is 5.35. The summed E-state index contributed by atoms with van der Waals surface area (Å²) < 4.78 is 48.4. The van der Waals surface area contributed by atoms with E-state index in [9.17, 15) is 13.2 Å². The van der Waals surface area contributed by atoms with E-state index in [4.69, 9.17) is 14.7 Å². The van der Waals surface area contributed by atoms with Gasteiger partial charge in [0.15, 0.2) is 0 Å². The van der Waals surface area contributed by atoms with Gasteiger partial charge in [-0.3, -0.25) is 9.98 Å². The number of fused-ring (bicyclic) bond motifs is 2. The number of ether oxygens (including phenoxy) is 1. The van der Waals surface area contributed by atoms with Crippen LogP contribution in [0.15, 0.2) is 90.2 Å². The number of rotatable bonds is 5. The molecule has 1 N–H and O–H groups in total. The van der Waals surface area contributed by atoms with Gasteiger partial charge in [0.1, 0.15) is 0 Å². The number of benzene rings is 3. The van der Waals surface area contributed by atoms with Crippen molar-refractivity contribution < 1.29 is 17.9 Å². The summed E-state index contributed by atoms with van der Waals surface area (Å²) in [5.74, 6) is 0. The molecule has 2 heterocycles. The van der Waals surface area contributed by atoms with Crippen molar-refractivity contribution in [2.24, 2.45) is 4.99 Å². The molecule has 0 atom stereocenters. The third-order valence-electron chi connectivity index (χ3n) is 7.37. The maximum atomic E-state index is 13.7. The minimum absolute atomic E-state index is 0.105. The zero-order valence-electron chi connectivity index (χ0n) is 21.9. The van der Waals surface area contributed by atoms with Gasteiger partial charge >= 0.3 is 6.18 Å². The van der Waals surface area contributed by atoms with E-state index in [0.29, 0.717) is 28.1 Å². The number of nitrogens with zero attached hydrogens (tertiary/aromatic N) is 4. The zero-order chi connectivity index (χ0) is 27.7. The van der Waals surface area contributed by atoms with Gasteiger partial charge in [0.25, 0.3) is 0 Å². The summed E-state index contributed by atoms with van der Waals surface area (Å²) >= 11 is 0. The number of alkyl halides is 3. The molecule has 0 unspecified atom stereocenters. The van der Waals surface area contributed by atoms with Crippen LogP contribution in [-0.2, 0) is 10.9 Å². The first-order valence-corrected chi connectivity index (χ1v) is 13.3. The molecule has 0 spiro atoms. The van der Waals surface area contributed by atoms with Crippen molar-refractivity contribution in [2.45, 2.75) is 44.0 Å². The zero-order valence-corrected chi connectivity index (χ0v) is 21.9. The van der Waals surface area contributed by atoms with Crippen LogP contribution in [-0.4, -0.2) is 33.8 Å². The molecule has 0 saturated heterocycles. The van der Waals surface area contributed by atoms with E-state index in [-0.39, 0.29) is 12.1 Å². The molecule has 1 saturated carbocycles. The van der Waals surface area contributed by atoms with Crippen LogP contribution >= 0.6 is 0 Å². The largest absolute Gasteiger partial charge is 0.416 e. The lowest BCUT2D eigenvalue weighted by Gasteiger charge is -2.25. The average molecular weight is 544 g/mol. The maximum absolute atomic E-state index is 13.7. The molecule has 2 aliphatic carbocycles. The number of nitrogens with one attached hydrogen (secondary N) is 1. The smallest absolute Gasteiger partial charge is 0.381 e. The van der Waals surface area contributed by atoms with Crippen molar-refractivity contribution in [3.63, 3.8) is 0 Å². The lowest BCUT2D eigenvalue weighted by atomic mass is 9.93. The Hall–Kier alpha value is -4.24. The van der Waals surface area contributed by atoms with Gasteiger partial charge in [0.05, 0.1) is 63.1 Å². The van der Waals surface area contributed by atoms with Crippen molar-refractivity contribution in [3.05, 3.63) is 96.1 Å². The number of methoxy groups -OCH3 is 1. The average Bonchev–Trinajstić information content (AvgIpc) is 2.97. The van der Waals surface area contributed by atoms with E-state index in [1.54, 1.807) is 25.6 Å². The Morgan fingerprint density at radius 1 is 0.950 bits per heavy atom. The standard InChI is InChI=1S/C31H28F3N5O/c1-40-24-13-11-21(12-14-24)36-27-18-30-28(17-26(27)37-22-7-5-15-35-19-22)38-25-9-2-3-10-29(25)39(30)23-8-4-6-20(16-23)31(32,33)34/h2-10,15-19,21,24,37H,11-14H2,1H3/b36-27+. The van der Waals surface area contributed by atoms with Crippen LogP contribution in [0.5, 0.6) is 0 Å². The van der Waals surface area contributed by atoms with Crippen LogP contribution in [0.1, 0.15) is 31.2 Å². The summed E-state index contributed by atoms with van der Waals surface area (Å²) in [6, 6.07) is 20.6. The number of para-hydroxylation sites is 2. The Labute approximate surface area is 229 Å². The van der Waals surface area contributed by atoms with Crippen molar-refractivity contribution in [2.75, 3.05) is 12.4 Å². The quantitative estimate of drug-likeness (QED) is 0.239. The Balaban J connectivity index is 1.59. The number of hydrogen-bond acceptors (Lipinski definition) is 5. The second kappa shape index (κ2) is 10.7. The number of anilines is 2. The Morgan fingerprint density at radius 2 is 1.77 bits per heavy atom. The lowest BCUT2D eigenvalue weighted by Crippen LogP contribution is -2.25. The molecule has 40 heavy (non-hydrogen) atoms. The molecule has 2 aromatic carbocycles. The molecule has 1 aromatic heterocycles. The summed E-state index contributed by atoms with van der Waals surface area (Å²) in [4.78, 5) is 14.2. The lowest BCUT2D eigenvalue weighted by molar-refractivity contribution is -0.137. The van der Waals surface area contributed by atoms with Gasteiger partial charge < -0.3 is 14.6 Å². The van der Waals surface area contributed by atoms with E-state index in [1.807, 2.05) is 53.1 Å². The highest BCUT2D eigenvalue weighted by Crippen LogP contribution is 2.34. The molecule has 204 valence electrons. The highest BCUT2D eigenvalue weighted by Gasteiger charge is 2.31. The summed E-state index contributed by atoms with van der Waals surface area (Å²) in [5.41, 5.74) is 3.92. The first-order chi connectivity index (χ1) is 19.4. The van der Waals surface area contributed by atoms with Crippen molar-refractivity contribution in [3.8, 4) is 17.1 Å². The highest BCUT2D eigenvalue weighted by atomic mass is 19.4. The Morgan fingerprint density at radius 3 is 2.52 bits per heavy atom. The predicted octanol–water partition coefficient (Wildman–Crippen LogP) is 7.15. The summed E-state index contributed by atoms with van der Waals surface area (Å²) in [7, 11) is 1.74. The molecule has 3 aliphatic rings. The SMILES string of the molecule is COC1CCC(/N=c2\cc3n(-c4cccc(C(F)(F)F)c4)c4ccccc4nc-3cc2Nc2cccnc2)CC1. The van der Waals surface area contributed by atoms with Gasteiger partial charge in [-0.2, -0.15) is 13.2 Å². The van der Waals surface area contributed by atoms with Crippen LogP contribution in [0.25, 0.3) is 28.1 Å². The van der Waals surface area contributed by atoms with E-state index >= 15 is 0 Å². The molecule has 6 rings (SSSR count). The minimum Gasteiger partial charge on any atom is -0.381 e. The fourth-order valence-corrected chi connectivity index (χ4v) is 5.35. The number of pyridine rings is 1. The second-order valence-electron chi connectivity index (χ2n) is 10.0. The van der Waals surface area contributed by atoms with Gasteiger partial charge in [-0.25, -0.2) is 4.98 Å². The Kier molecular flexibility index (Phi) is 6.98. The van der Waals surface area contributed by atoms with Crippen molar-refractivity contribution in [1.29, 1.82) is 0 Å². The summed E-state index contributed by atoms with van der Waals surface area (Å²) in [6.45, 7) is 0. The molecular formula is C31H28F3N5O. The molecule has 0 amide bonds. The summed E-state index contributed by atoms with van der Waals surface area (Å²) in [5, 5.41) is 4.15. The third-order valence-corrected chi connectivity index (χ3v) is 7.37. The molecule has 0 bridgehead atoms. The van der Waals surface area contributed by atoms with Crippen LogP contribution in [0.4, 0.5) is 24.5 Å². The molecular weight excluding hydrogens is 515 g/mol. The predicted molar refractivity (Wildman–Crippen MR) is 149 cm³/mol. The third kappa shape index (κ3) is 5.29.